The molecular weight excluding hydrogens is 476 g/mol. The predicted octanol–water partition coefficient (Wildman–Crippen LogP) is 5.00. The van der Waals surface area contributed by atoms with Crippen molar-refractivity contribution in [2.24, 2.45) is 0 Å². The average molecular weight is 502 g/mol. The summed E-state index contributed by atoms with van der Waals surface area (Å²) in [5.74, 6) is -1.29. The van der Waals surface area contributed by atoms with E-state index in [1.165, 1.54) is 18.4 Å². The first-order chi connectivity index (χ1) is 18.0. The van der Waals surface area contributed by atoms with Crippen molar-refractivity contribution in [2.75, 3.05) is 6.54 Å². The van der Waals surface area contributed by atoms with Gasteiger partial charge in [-0.25, -0.2) is 13.8 Å². The van der Waals surface area contributed by atoms with Gasteiger partial charge in [-0.1, -0.05) is 30.3 Å². The molecule has 5 rings (SSSR count). The second-order valence-corrected chi connectivity index (χ2v) is 8.69. The van der Waals surface area contributed by atoms with E-state index in [2.05, 4.69) is 26.3 Å². The summed E-state index contributed by atoms with van der Waals surface area (Å²) in [4.78, 5) is 26.3. The van der Waals surface area contributed by atoms with Crippen LogP contribution < -0.4 is 5.32 Å². The molecule has 5 aromatic rings. The first-order valence-corrected chi connectivity index (χ1v) is 11.9. The normalized spacial score (nSPS) is 11.3. The zero-order chi connectivity index (χ0) is 25.6. The number of halogens is 2. The van der Waals surface area contributed by atoms with Crippen LogP contribution in [0.15, 0.2) is 83.7 Å². The molecule has 0 spiro atoms. The molecule has 3 aromatic heterocycles. The zero-order valence-corrected chi connectivity index (χ0v) is 20.0. The molecular formula is C28H25F2N5O2. The first-order valence-electron chi connectivity index (χ1n) is 11.9. The van der Waals surface area contributed by atoms with Crippen molar-refractivity contribution in [1.29, 1.82) is 0 Å². The van der Waals surface area contributed by atoms with Crippen molar-refractivity contribution < 1.29 is 18.0 Å². The molecule has 37 heavy (non-hydrogen) atoms. The number of nitrogens with one attached hydrogen (secondary N) is 2. The summed E-state index contributed by atoms with van der Waals surface area (Å²) < 4.78 is 33.5. The molecule has 0 fully saturated rings. The fourth-order valence-corrected chi connectivity index (χ4v) is 4.17. The van der Waals surface area contributed by atoms with E-state index in [4.69, 9.17) is 4.42 Å². The van der Waals surface area contributed by atoms with Crippen molar-refractivity contribution in [2.45, 2.75) is 26.1 Å². The van der Waals surface area contributed by atoms with Crippen LogP contribution >= 0.6 is 0 Å². The topological polar surface area (TPSA) is 87.0 Å². The summed E-state index contributed by atoms with van der Waals surface area (Å²) in [7, 11) is 0. The monoisotopic (exact) mass is 501 g/mol. The Balaban J connectivity index is 1.29. The van der Waals surface area contributed by atoms with E-state index in [9.17, 15) is 13.6 Å². The van der Waals surface area contributed by atoms with Crippen LogP contribution in [0.2, 0.25) is 0 Å². The Labute approximate surface area is 212 Å². The van der Waals surface area contributed by atoms with Crippen LogP contribution in [-0.2, 0) is 26.1 Å². The van der Waals surface area contributed by atoms with Crippen LogP contribution in [0, 0.1) is 11.6 Å². The SMILES string of the molecule is O=C(NCc1ccccn1)c1coc(CN(CCc2c[nH]c3ccccc23)Cc2ccc(F)cc2F)n1. The number of oxazole rings is 1. The van der Waals surface area contributed by atoms with Crippen LogP contribution in [0.5, 0.6) is 0 Å². The number of benzene rings is 2. The third-order valence-electron chi connectivity index (χ3n) is 6.08. The van der Waals surface area contributed by atoms with Crippen molar-refractivity contribution in [3.8, 4) is 0 Å². The summed E-state index contributed by atoms with van der Waals surface area (Å²) in [6, 6.07) is 17.0. The van der Waals surface area contributed by atoms with Gasteiger partial charge in [0.15, 0.2) is 5.69 Å². The van der Waals surface area contributed by atoms with Gasteiger partial charge in [-0.3, -0.25) is 14.7 Å². The lowest BCUT2D eigenvalue weighted by atomic mass is 10.1. The standard InChI is InChI=1S/C28H25F2N5O2/c29-21-9-8-20(24(30)13-21)16-35(12-10-19-14-32-25-7-2-1-6-23(19)25)17-27-34-26(18-37-27)28(36)33-15-22-5-3-4-11-31-22/h1-9,11,13-14,18,32H,10,12,15-17H2,(H,33,36). The molecule has 9 heteroatoms. The maximum Gasteiger partial charge on any atom is 0.273 e. The molecule has 0 saturated carbocycles. The number of fused-ring (bicyclic) bond motifs is 1. The minimum atomic E-state index is -0.624. The van der Waals surface area contributed by atoms with Gasteiger partial charge >= 0.3 is 0 Å². The van der Waals surface area contributed by atoms with Crippen LogP contribution in [0.4, 0.5) is 8.78 Å². The summed E-state index contributed by atoms with van der Waals surface area (Å²) in [5.41, 5.74) is 3.41. The number of hydrogen-bond acceptors (Lipinski definition) is 5. The van der Waals surface area contributed by atoms with E-state index in [0.29, 0.717) is 24.4 Å². The highest BCUT2D eigenvalue weighted by molar-refractivity contribution is 5.91. The van der Waals surface area contributed by atoms with Crippen LogP contribution in [0.1, 0.15) is 33.2 Å². The molecule has 0 bridgehead atoms. The van der Waals surface area contributed by atoms with E-state index in [0.717, 1.165) is 28.2 Å². The summed E-state index contributed by atoms with van der Waals surface area (Å²) in [6.07, 6.45) is 5.62. The summed E-state index contributed by atoms with van der Waals surface area (Å²) in [6.45, 7) is 1.29. The zero-order valence-electron chi connectivity index (χ0n) is 20.0. The fourth-order valence-electron chi connectivity index (χ4n) is 4.17. The van der Waals surface area contributed by atoms with Crippen molar-refractivity contribution in [3.05, 3.63) is 119 Å². The van der Waals surface area contributed by atoms with Crippen molar-refractivity contribution in [3.63, 3.8) is 0 Å². The number of pyridine rings is 1. The maximum atomic E-state index is 14.4. The molecule has 2 aromatic carbocycles. The maximum absolute atomic E-state index is 14.4. The molecule has 0 unspecified atom stereocenters. The van der Waals surface area contributed by atoms with Crippen molar-refractivity contribution >= 4 is 16.8 Å². The Morgan fingerprint density at radius 3 is 2.73 bits per heavy atom. The molecule has 1 amide bonds. The first kappa shape index (κ1) is 24.3. The van der Waals surface area contributed by atoms with Gasteiger partial charge in [0, 0.05) is 48.0 Å². The lowest BCUT2D eigenvalue weighted by molar-refractivity contribution is 0.0945. The number of hydrogen-bond donors (Lipinski definition) is 2. The molecule has 0 radical (unpaired) electrons. The van der Waals surface area contributed by atoms with Gasteiger partial charge < -0.3 is 14.7 Å². The minimum absolute atomic E-state index is 0.149. The van der Waals surface area contributed by atoms with Crippen LogP contribution in [0.25, 0.3) is 10.9 Å². The second kappa shape index (κ2) is 11.1. The lowest BCUT2D eigenvalue weighted by Gasteiger charge is -2.21. The van der Waals surface area contributed by atoms with Crippen LogP contribution in [-0.4, -0.2) is 32.3 Å². The highest BCUT2D eigenvalue weighted by Gasteiger charge is 2.17. The fraction of sp³-hybridized carbons (Fsp3) is 0.179. The van der Waals surface area contributed by atoms with Crippen molar-refractivity contribution in [1.82, 2.24) is 25.2 Å². The Hall–Kier alpha value is -4.37. The highest BCUT2D eigenvalue weighted by Crippen LogP contribution is 2.20. The number of nitrogens with zero attached hydrogens (tertiary/aromatic N) is 3. The largest absolute Gasteiger partial charge is 0.447 e. The van der Waals surface area contributed by atoms with Gasteiger partial charge in [-0.05, 0) is 36.2 Å². The summed E-state index contributed by atoms with van der Waals surface area (Å²) >= 11 is 0. The molecule has 2 N–H and O–H groups in total. The number of para-hydroxylation sites is 1. The molecule has 0 atom stereocenters. The third kappa shape index (κ3) is 6.07. The van der Waals surface area contributed by atoms with Crippen LogP contribution in [0.3, 0.4) is 0 Å². The number of aromatic amines is 1. The van der Waals surface area contributed by atoms with E-state index in [1.54, 1.807) is 12.3 Å². The molecule has 0 aliphatic rings. The number of aromatic nitrogens is 3. The molecule has 3 heterocycles. The lowest BCUT2D eigenvalue weighted by Crippen LogP contribution is -2.26. The number of rotatable bonds is 10. The van der Waals surface area contributed by atoms with Gasteiger partial charge in [-0.2, -0.15) is 0 Å². The van der Waals surface area contributed by atoms with E-state index in [-0.39, 0.29) is 31.2 Å². The Morgan fingerprint density at radius 2 is 1.89 bits per heavy atom. The smallest absolute Gasteiger partial charge is 0.273 e. The molecule has 0 saturated heterocycles. The van der Waals surface area contributed by atoms with Gasteiger partial charge in [0.2, 0.25) is 5.89 Å². The van der Waals surface area contributed by atoms with Gasteiger partial charge in [0.1, 0.15) is 17.9 Å². The number of H-pyrrole nitrogens is 1. The Kier molecular flexibility index (Phi) is 7.32. The Bertz CT molecular complexity index is 1500. The van der Waals surface area contributed by atoms with E-state index in [1.807, 2.05) is 41.4 Å². The molecule has 188 valence electrons. The minimum Gasteiger partial charge on any atom is -0.447 e. The molecule has 7 nitrogen and oxygen atoms in total. The number of carbonyl (C=O) groups is 1. The van der Waals surface area contributed by atoms with E-state index < -0.39 is 11.6 Å². The van der Waals surface area contributed by atoms with E-state index >= 15 is 0 Å². The average Bonchev–Trinajstić information content (AvgIpc) is 3.55. The number of carbonyl (C=O) groups excluding carboxylic acids is 1. The molecule has 0 aliphatic heterocycles. The predicted molar refractivity (Wildman–Crippen MR) is 134 cm³/mol. The summed E-state index contributed by atoms with van der Waals surface area (Å²) in [5, 5.41) is 3.89. The third-order valence-corrected chi connectivity index (χ3v) is 6.08. The highest BCUT2D eigenvalue weighted by atomic mass is 19.1. The van der Waals surface area contributed by atoms with Gasteiger partial charge in [0.05, 0.1) is 18.8 Å². The van der Waals surface area contributed by atoms with Gasteiger partial charge in [-0.15, -0.1) is 0 Å². The Morgan fingerprint density at radius 1 is 1.03 bits per heavy atom. The number of amides is 1. The quantitative estimate of drug-likeness (QED) is 0.281. The second-order valence-electron chi connectivity index (χ2n) is 8.69. The molecule has 0 aliphatic carbocycles. The van der Waals surface area contributed by atoms with Gasteiger partial charge in [0.25, 0.3) is 5.91 Å².